The predicted octanol–water partition coefficient (Wildman–Crippen LogP) is 2.82. The zero-order chi connectivity index (χ0) is 19.9. The summed E-state index contributed by atoms with van der Waals surface area (Å²) in [5.74, 6) is 0.945. The highest BCUT2D eigenvalue weighted by Crippen LogP contribution is 2.32. The van der Waals surface area contributed by atoms with Crippen molar-refractivity contribution in [3.05, 3.63) is 54.1 Å². The predicted molar refractivity (Wildman–Crippen MR) is 101 cm³/mol. The summed E-state index contributed by atoms with van der Waals surface area (Å²) in [6, 6.07) is 14.5. The normalized spacial score (nSPS) is 14.1. The molecule has 2 atom stereocenters. The van der Waals surface area contributed by atoms with E-state index in [0.29, 0.717) is 23.7 Å². The third-order valence-electron chi connectivity index (χ3n) is 4.22. The number of para-hydroxylation sites is 1. The van der Waals surface area contributed by atoms with E-state index in [-0.39, 0.29) is 19.2 Å². The van der Waals surface area contributed by atoms with Gasteiger partial charge >= 0.3 is 5.97 Å². The lowest BCUT2D eigenvalue weighted by molar-refractivity contribution is -0.161. The lowest BCUT2D eigenvalue weighted by Crippen LogP contribution is -2.39. The Balaban J connectivity index is 1.49. The summed E-state index contributed by atoms with van der Waals surface area (Å²) < 4.78 is 21.5. The first kappa shape index (κ1) is 19.5. The van der Waals surface area contributed by atoms with Crippen molar-refractivity contribution in [1.29, 1.82) is 0 Å². The Morgan fingerprint density at radius 1 is 1.11 bits per heavy atom. The molecule has 1 N–H and O–H groups in total. The summed E-state index contributed by atoms with van der Waals surface area (Å²) in [5.41, 5.74) is 0.856. The van der Waals surface area contributed by atoms with E-state index in [9.17, 15) is 9.59 Å². The fourth-order valence-corrected chi connectivity index (χ4v) is 2.65. The molecule has 28 heavy (non-hydrogen) atoms. The number of carbonyl (C=O) groups is 2. The van der Waals surface area contributed by atoms with Gasteiger partial charge in [0.25, 0.3) is 5.91 Å². The summed E-state index contributed by atoms with van der Waals surface area (Å²) in [6.07, 6.45) is -1.28. The van der Waals surface area contributed by atoms with Crippen LogP contribution in [0.25, 0.3) is 0 Å². The molecular formula is C21H23NO6. The van der Waals surface area contributed by atoms with Crippen LogP contribution < -0.4 is 19.5 Å². The van der Waals surface area contributed by atoms with Gasteiger partial charge < -0.3 is 24.3 Å². The van der Waals surface area contributed by atoms with Crippen molar-refractivity contribution in [2.75, 3.05) is 6.79 Å². The van der Waals surface area contributed by atoms with Crippen LogP contribution in [0.1, 0.15) is 25.8 Å². The fraction of sp³-hybridized carbons (Fsp3) is 0.333. The van der Waals surface area contributed by atoms with E-state index >= 15 is 0 Å². The second-order valence-electron chi connectivity index (χ2n) is 6.31. The van der Waals surface area contributed by atoms with E-state index in [0.717, 1.165) is 5.56 Å². The third kappa shape index (κ3) is 4.94. The van der Waals surface area contributed by atoms with Crippen molar-refractivity contribution < 1.29 is 28.5 Å². The highest BCUT2D eigenvalue weighted by atomic mass is 16.7. The summed E-state index contributed by atoms with van der Waals surface area (Å²) in [4.78, 5) is 24.6. The molecule has 1 amide bonds. The Hall–Kier alpha value is -3.22. The van der Waals surface area contributed by atoms with Gasteiger partial charge in [-0.25, -0.2) is 4.79 Å². The largest absolute Gasteiger partial charge is 0.479 e. The maximum Gasteiger partial charge on any atom is 0.348 e. The Labute approximate surface area is 163 Å². The highest BCUT2D eigenvalue weighted by Gasteiger charge is 2.25. The fourth-order valence-electron chi connectivity index (χ4n) is 2.65. The van der Waals surface area contributed by atoms with Gasteiger partial charge in [0.1, 0.15) is 5.75 Å². The number of nitrogens with one attached hydrogen (secondary N) is 1. The number of ether oxygens (including phenoxy) is 4. The standard InChI is InChI=1S/C21H23NO6/c1-3-17(28-16-7-5-4-6-8-16)21(24)27-14(2)20(23)22-12-15-9-10-18-19(11-15)26-13-25-18/h4-11,14,17H,3,12-13H2,1-2H3,(H,22,23)/t14-,17-/m1/s1. The Morgan fingerprint density at radius 2 is 1.86 bits per heavy atom. The second-order valence-corrected chi connectivity index (χ2v) is 6.31. The number of amides is 1. The molecule has 0 saturated carbocycles. The maximum absolute atomic E-state index is 12.3. The number of carbonyl (C=O) groups excluding carboxylic acids is 2. The minimum atomic E-state index is -0.935. The molecule has 0 fully saturated rings. The molecule has 2 aromatic rings. The molecule has 1 aliphatic heterocycles. The lowest BCUT2D eigenvalue weighted by atomic mass is 10.2. The average Bonchev–Trinajstić information content (AvgIpc) is 3.18. The maximum atomic E-state index is 12.3. The topological polar surface area (TPSA) is 83.1 Å². The third-order valence-corrected chi connectivity index (χ3v) is 4.22. The van der Waals surface area contributed by atoms with E-state index in [2.05, 4.69) is 5.32 Å². The first-order valence-corrected chi connectivity index (χ1v) is 9.15. The minimum absolute atomic E-state index is 0.196. The second kappa shape index (κ2) is 9.12. The summed E-state index contributed by atoms with van der Waals surface area (Å²) in [7, 11) is 0. The molecule has 0 aliphatic carbocycles. The van der Waals surface area contributed by atoms with Gasteiger partial charge in [-0.1, -0.05) is 31.2 Å². The zero-order valence-electron chi connectivity index (χ0n) is 15.8. The van der Waals surface area contributed by atoms with Crippen molar-refractivity contribution in [2.24, 2.45) is 0 Å². The van der Waals surface area contributed by atoms with Crippen LogP contribution in [0.3, 0.4) is 0 Å². The van der Waals surface area contributed by atoms with Crippen LogP contribution in [0.2, 0.25) is 0 Å². The van der Waals surface area contributed by atoms with E-state index in [1.54, 1.807) is 24.3 Å². The number of benzene rings is 2. The monoisotopic (exact) mass is 385 g/mol. The van der Waals surface area contributed by atoms with E-state index in [1.807, 2.05) is 31.2 Å². The Kier molecular flexibility index (Phi) is 6.37. The van der Waals surface area contributed by atoms with Crippen molar-refractivity contribution in [1.82, 2.24) is 5.32 Å². The number of fused-ring (bicyclic) bond motifs is 1. The van der Waals surface area contributed by atoms with Crippen molar-refractivity contribution >= 4 is 11.9 Å². The molecule has 0 unspecified atom stereocenters. The van der Waals surface area contributed by atoms with Crippen LogP contribution in [0.15, 0.2) is 48.5 Å². The van der Waals surface area contributed by atoms with Gasteiger partial charge in [-0.3, -0.25) is 4.79 Å². The molecular weight excluding hydrogens is 362 g/mol. The van der Waals surface area contributed by atoms with Crippen LogP contribution in [-0.2, 0) is 20.9 Å². The molecule has 3 rings (SSSR count). The number of rotatable bonds is 8. The van der Waals surface area contributed by atoms with Crippen LogP contribution in [0, 0.1) is 0 Å². The van der Waals surface area contributed by atoms with E-state index in [1.165, 1.54) is 6.92 Å². The highest BCUT2D eigenvalue weighted by molar-refractivity contribution is 5.84. The van der Waals surface area contributed by atoms with E-state index in [4.69, 9.17) is 18.9 Å². The van der Waals surface area contributed by atoms with E-state index < -0.39 is 18.2 Å². The molecule has 7 nitrogen and oxygen atoms in total. The molecule has 0 spiro atoms. The number of esters is 1. The Morgan fingerprint density at radius 3 is 2.61 bits per heavy atom. The van der Waals surface area contributed by atoms with Gasteiger partial charge in [-0.05, 0) is 43.2 Å². The molecule has 0 bridgehead atoms. The quantitative estimate of drug-likeness (QED) is 0.704. The molecule has 1 heterocycles. The molecule has 148 valence electrons. The van der Waals surface area contributed by atoms with Crippen LogP contribution in [0.5, 0.6) is 17.2 Å². The molecule has 2 aromatic carbocycles. The summed E-state index contributed by atoms with van der Waals surface area (Å²) in [5, 5.41) is 2.75. The SMILES string of the molecule is CC[C@@H](Oc1ccccc1)C(=O)O[C@H](C)C(=O)NCc1ccc2c(c1)OCO2. The smallest absolute Gasteiger partial charge is 0.348 e. The van der Waals surface area contributed by atoms with Crippen molar-refractivity contribution in [3.63, 3.8) is 0 Å². The van der Waals surface area contributed by atoms with Gasteiger partial charge in [0, 0.05) is 6.54 Å². The van der Waals surface area contributed by atoms with Crippen LogP contribution in [-0.4, -0.2) is 30.9 Å². The molecule has 0 saturated heterocycles. The average molecular weight is 385 g/mol. The van der Waals surface area contributed by atoms with Gasteiger partial charge in [-0.15, -0.1) is 0 Å². The first-order chi connectivity index (χ1) is 13.6. The van der Waals surface area contributed by atoms with Crippen LogP contribution in [0.4, 0.5) is 0 Å². The van der Waals surface area contributed by atoms with Crippen LogP contribution >= 0.6 is 0 Å². The molecule has 1 aliphatic rings. The lowest BCUT2D eigenvalue weighted by Gasteiger charge is -2.19. The van der Waals surface area contributed by atoms with Crippen molar-refractivity contribution in [3.8, 4) is 17.2 Å². The van der Waals surface area contributed by atoms with Gasteiger partial charge in [0.15, 0.2) is 23.7 Å². The molecule has 7 heteroatoms. The molecule has 0 radical (unpaired) electrons. The first-order valence-electron chi connectivity index (χ1n) is 9.15. The zero-order valence-corrected chi connectivity index (χ0v) is 15.8. The number of hydrogen-bond donors (Lipinski definition) is 1. The van der Waals surface area contributed by atoms with Crippen molar-refractivity contribution in [2.45, 2.75) is 39.0 Å². The molecule has 0 aromatic heterocycles. The summed E-state index contributed by atoms with van der Waals surface area (Å²) in [6.45, 7) is 3.83. The van der Waals surface area contributed by atoms with Gasteiger partial charge in [0.05, 0.1) is 0 Å². The number of hydrogen-bond acceptors (Lipinski definition) is 6. The van der Waals surface area contributed by atoms with Gasteiger partial charge in [0.2, 0.25) is 6.79 Å². The minimum Gasteiger partial charge on any atom is -0.479 e. The van der Waals surface area contributed by atoms with Gasteiger partial charge in [-0.2, -0.15) is 0 Å². The summed E-state index contributed by atoms with van der Waals surface area (Å²) >= 11 is 0. The Bertz CT molecular complexity index is 823.